The summed E-state index contributed by atoms with van der Waals surface area (Å²) < 4.78 is 2.21. The van der Waals surface area contributed by atoms with E-state index in [1.165, 1.54) is 5.56 Å². The Bertz CT molecular complexity index is 930. The van der Waals surface area contributed by atoms with Crippen molar-refractivity contribution in [2.24, 2.45) is 0 Å². The Labute approximate surface area is 164 Å². The minimum atomic E-state index is -0.159. The Hall–Kier alpha value is -2.99. The lowest BCUT2D eigenvalue weighted by atomic mass is 9.95. The third-order valence-electron chi connectivity index (χ3n) is 5.28. The van der Waals surface area contributed by atoms with E-state index >= 15 is 0 Å². The number of hydrogen-bond acceptors (Lipinski definition) is 4. The fourth-order valence-electron chi connectivity index (χ4n) is 3.78. The molecule has 0 spiro atoms. The molecular weight excluding hydrogens is 352 g/mol. The zero-order valence-electron chi connectivity index (χ0n) is 15.7. The number of piperidine rings is 1. The topological polar surface area (TPSA) is 71.2 Å². The molecule has 1 aliphatic rings. The molecule has 0 aliphatic carbocycles. The van der Waals surface area contributed by atoms with E-state index < -0.39 is 0 Å². The van der Waals surface area contributed by atoms with Crippen LogP contribution in [0.3, 0.4) is 0 Å². The van der Waals surface area contributed by atoms with Crippen molar-refractivity contribution >= 4 is 5.91 Å². The third kappa shape index (κ3) is 3.97. The SMILES string of the molecule is O=C(c1cccc(CO)n1)N1CCC(c2nccn2Cc2ccccc2)CC1. The van der Waals surface area contributed by atoms with Crippen LogP contribution in [0.5, 0.6) is 0 Å². The van der Waals surface area contributed by atoms with Crippen LogP contribution in [0.4, 0.5) is 0 Å². The van der Waals surface area contributed by atoms with Crippen molar-refractivity contribution < 1.29 is 9.90 Å². The molecule has 1 aliphatic heterocycles. The van der Waals surface area contributed by atoms with Crippen molar-refractivity contribution in [3.8, 4) is 0 Å². The van der Waals surface area contributed by atoms with Gasteiger partial charge in [-0.05, 0) is 30.5 Å². The van der Waals surface area contributed by atoms with Crippen LogP contribution in [0.15, 0.2) is 60.9 Å². The standard InChI is InChI=1S/C22H24N4O2/c27-16-19-7-4-8-20(24-19)22(28)25-12-9-18(10-13-25)21-23-11-14-26(21)15-17-5-2-1-3-6-17/h1-8,11,14,18,27H,9-10,12-13,15-16H2. The van der Waals surface area contributed by atoms with E-state index in [0.717, 1.165) is 25.2 Å². The molecule has 0 radical (unpaired) electrons. The van der Waals surface area contributed by atoms with Crippen molar-refractivity contribution in [1.82, 2.24) is 19.4 Å². The van der Waals surface area contributed by atoms with Crippen molar-refractivity contribution in [2.75, 3.05) is 13.1 Å². The molecule has 0 bridgehead atoms. The van der Waals surface area contributed by atoms with Gasteiger partial charge in [0.05, 0.1) is 12.3 Å². The molecule has 1 fully saturated rings. The molecule has 0 atom stereocenters. The first-order chi connectivity index (χ1) is 13.7. The maximum atomic E-state index is 12.7. The highest BCUT2D eigenvalue weighted by atomic mass is 16.3. The molecule has 4 rings (SSSR count). The minimum absolute atomic E-state index is 0.0682. The summed E-state index contributed by atoms with van der Waals surface area (Å²) in [5.41, 5.74) is 2.17. The number of nitrogens with zero attached hydrogens (tertiary/aromatic N) is 4. The molecular formula is C22H24N4O2. The summed E-state index contributed by atoms with van der Waals surface area (Å²) in [4.78, 5) is 23.4. The number of carbonyl (C=O) groups is 1. The Morgan fingerprint density at radius 3 is 2.61 bits per heavy atom. The van der Waals surface area contributed by atoms with Crippen LogP contribution in [0.1, 0.15) is 46.3 Å². The number of rotatable bonds is 5. The first kappa shape index (κ1) is 18.4. The highest BCUT2D eigenvalue weighted by Gasteiger charge is 2.27. The van der Waals surface area contributed by atoms with Gasteiger partial charge in [-0.25, -0.2) is 9.97 Å². The number of aliphatic hydroxyl groups excluding tert-OH is 1. The summed E-state index contributed by atoms with van der Waals surface area (Å²) in [6.45, 7) is 2.03. The second kappa shape index (κ2) is 8.35. The maximum absolute atomic E-state index is 12.7. The molecule has 3 aromatic rings. The Kier molecular flexibility index (Phi) is 5.48. The van der Waals surface area contributed by atoms with Gasteiger partial charge in [0.2, 0.25) is 0 Å². The summed E-state index contributed by atoms with van der Waals surface area (Å²) in [6, 6.07) is 15.6. The minimum Gasteiger partial charge on any atom is -0.390 e. The highest BCUT2D eigenvalue weighted by molar-refractivity contribution is 5.92. The number of aliphatic hydroxyl groups is 1. The van der Waals surface area contributed by atoms with Crippen molar-refractivity contribution in [1.29, 1.82) is 0 Å². The lowest BCUT2D eigenvalue weighted by Gasteiger charge is -2.31. The largest absolute Gasteiger partial charge is 0.390 e. The first-order valence-electron chi connectivity index (χ1n) is 9.65. The normalized spacial score (nSPS) is 15.0. The second-order valence-corrected chi connectivity index (χ2v) is 7.14. The van der Waals surface area contributed by atoms with Gasteiger partial charge in [-0.15, -0.1) is 0 Å². The van der Waals surface area contributed by atoms with Crippen LogP contribution in [0.25, 0.3) is 0 Å². The Balaban J connectivity index is 1.41. The number of pyridine rings is 1. The maximum Gasteiger partial charge on any atom is 0.272 e. The zero-order chi connectivity index (χ0) is 19.3. The predicted octanol–water partition coefficient (Wildman–Crippen LogP) is 2.84. The predicted molar refractivity (Wildman–Crippen MR) is 106 cm³/mol. The van der Waals surface area contributed by atoms with Gasteiger partial charge in [0.1, 0.15) is 11.5 Å². The Morgan fingerprint density at radius 1 is 1.07 bits per heavy atom. The molecule has 1 saturated heterocycles. The van der Waals surface area contributed by atoms with Crippen LogP contribution in [0, 0.1) is 0 Å². The number of carbonyl (C=O) groups excluding carboxylic acids is 1. The van der Waals surface area contributed by atoms with Crippen LogP contribution in [-0.2, 0) is 13.2 Å². The highest BCUT2D eigenvalue weighted by Crippen LogP contribution is 2.28. The molecule has 1 amide bonds. The van der Waals surface area contributed by atoms with Crippen LogP contribution in [0.2, 0.25) is 0 Å². The van der Waals surface area contributed by atoms with E-state index in [4.69, 9.17) is 0 Å². The number of imidazole rings is 1. The summed E-state index contributed by atoms with van der Waals surface area (Å²) in [6.07, 6.45) is 5.67. The van der Waals surface area contributed by atoms with Gasteiger partial charge >= 0.3 is 0 Å². The Morgan fingerprint density at radius 2 is 1.86 bits per heavy atom. The van der Waals surface area contributed by atoms with E-state index in [2.05, 4.69) is 38.8 Å². The van der Waals surface area contributed by atoms with Gasteiger partial charge in [0.25, 0.3) is 5.91 Å². The molecule has 0 saturated carbocycles. The summed E-state index contributed by atoms with van der Waals surface area (Å²) in [5, 5.41) is 9.23. The molecule has 0 unspecified atom stereocenters. The van der Waals surface area contributed by atoms with Gasteiger partial charge in [-0.2, -0.15) is 0 Å². The van der Waals surface area contributed by atoms with E-state index in [9.17, 15) is 9.90 Å². The molecule has 1 N–H and O–H groups in total. The van der Waals surface area contributed by atoms with Gasteiger partial charge in [-0.3, -0.25) is 4.79 Å². The molecule has 6 heteroatoms. The number of hydrogen-bond donors (Lipinski definition) is 1. The quantitative estimate of drug-likeness (QED) is 0.743. The van der Waals surface area contributed by atoms with Crippen LogP contribution in [-0.4, -0.2) is 43.5 Å². The molecule has 3 heterocycles. The number of likely N-dealkylation sites (tertiary alicyclic amines) is 1. The molecule has 2 aromatic heterocycles. The van der Waals surface area contributed by atoms with E-state index in [-0.39, 0.29) is 12.5 Å². The van der Waals surface area contributed by atoms with Crippen LogP contribution < -0.4 is 0 Å². The molecule has 1 aromatic carbocycles. The van der Waals surface area contributed by atoms with Crippen molar-refractivity contribution in [2.45, 2.75) is 31.9 Å². The van der Waals surface area contributed by atoms with Gasteiger partial charge in [0, 0.05) is 37.9 Å². The summed E-state index contributed by atoms with van der Waals surface area (Å²) in [7, 11) is 0. The monoisotopic (exact) mass is 376 g/mol. The number of amides is 1. The van der Waals surface area contributed by atoms with Gasteiger partial charge < -0.3 is 14.6 Å². The second-order valence-electron chi connectivity index (χ2n) is 7.14. The summed E-state index contributed by atoms with van der Waals surface area (Å²) in [5.74, 6) is 1.37. The average Bonchev–Trinajstić information content (AvgIpc) is 3.22. The molecule has 144 valence electrons. The number of benzene rings is 1. The van der Waals surface area contributed by atoms with Crippen LogP contribution >= 0.6 is 0 Å². The smallest absolute Gasteiger partial charge is 0.272 e. The van der Waals surface area contributed by atoms with E-state index in [0.29, 0.717) is 30.4 Å². The van der Waals surface area contributed by atoms with E-state index in [1.54, 1.807) is 18.2 Å². The average molecular weight is 376 g/mol. The van der Waals surface area contributed by atoms with Crippen molar-refractivity contribution in [3.63, 3.8) is 0 Å². The first-order valence-corrected chi connectivity index (χ1v) is 9.65. The lowest BCUT2D eigenvalue weighted by molar-refractivity contribution is 0.0704. The lowest BCUT2D eigenvalue weighted by Crippen LogP contribution is -2.38. The number of aromatic nitrogens is 3. The zero-order valence-corrected chi connectivity index (χ0v) is 15.7. The third-order valence-corrected chi connectivity index (χ3v) is 5.28. The molecule has 28 heavy (non-hydrogen) atoms. The summed E-state index contributed by atoms with van der Waals surface area (Å²) >= 11 is 0. The van der Waals surface area contributed by atoms with E-state index in [1.807, 2.05) is 23.4 Å². The fraction of sp³-hybridized carbons (Fsp3) is 0.318. The van der Waals surface area contributed by atoms with Crippen molar-refractivity contribution in [3.05, 3.63) is 83.7 Å². The van der Waals surface area contributed by atoms with Gasteiger partial charge in [-0.1, -0.05) is 36.4 Å². The van der Waals surface area contributed by atoms with Gasteiger partial charge in [0.15, 0.2) is 0 Å². The molecule has 6 nitrogen and oxygen atoms in total. The fourth-order valence-corrected chi connectivity index (χ4v) is 3.78.